The van der Waals surface area contributed by atoms with E-state index in [9.17, 15) is 9.90 Å². The van der Waals surface area contributed by atoms with Gasteiger partial charge in [0.2, 0.25) is 0 Å². The van der Waals surface area contributed by atoms with Crippen LogP contribution >= 0.6 is 0 Å². The number of amides is 1. The molecule has 0 heterocycles. The number of hydrogen-bond donors (Lipinski definition) is 2. The second-order valence-electron chi connectivity index (χ2n) is 5.64. The molecule has 0 aliphatic heterocycles. The largest absolute Gasteiger partial charge is 0.497 e. The summed E-state index contributed by atoms with van der Waals surface area (Å²) in [5, 5.41) is 12.3. The van der Waals surface area contributed by atoms with Crippen LogP contribution in [0.15, 0.2) is 24.3 Å². The average Bonchev–Trinajstić information content (AvgIpc) is 2.61. The number of ether oxygens (including phenoxy) is 2. The SMILES string of the molecule is CCN(CC)CCC(CO)NC(=O)C(C)Oc1ccc(OC)cc1. The van der Waals surface area contributed by atoms with Crippen LogP contribution in [0.3, 0.4) is 0 Å². The number of nitrogens with one attached hydrogen (secondary N) is 1. The van der Waals surface area contributed by atoms with Crippen molar-refractivity contribution in [1.29, 1.82) is 0 Å². The van der Waals surface area contributed by atoms with Gasteiger partial charge in [-0.3, -0.25) is 4.79 Å². The normalized spacial score (nSPS) is 13.4. The summed E-state index contributed by atoms with van der Waals surface area (Å²) in [5.41, 5.74) is 0. The van der Waals surface area contributed by atoms with E-state index in [-0.39, 0.29) is 18.6 Å². The van der Waals surface area contributed by atoms with Crippen molar-refractivity contribution in [2.24, 2.45) is 0 Å². The molecule has 6 nitrogen and oxygen atoms in total. The summed E-state index contributed by atoms with van der Waals surface area (Å²) >= 11 is 0. The molecule has 0 fully saturated rings. The van der Waals surface area contributed by atoms with E-state index >= 15 is 0 Å². The highest BCUT2D eigenvalue weighted by atomic mass is 16.5. The molecule has 0 radical (unpaired) electrons. The van der Waals surface area contributed by atoms with Gasteiger partial charge in [0.1, 0.15) is 11.5 Å². The summed E-state index contributed by atoms with van der Waals surface area (Å²) in [7, 11) is 1.60. The summed E-state index contributed by atoms with van der Waals surface area (Å²) in [5.74, 6) is 1.10. The zero-order valence-corrected chi connectivity index (χ0v) is 15.1. The Morgan fingerprint density at radius 1 is 1.21 bits per heavy atom. The Bertz CT molecular complexity index is 474. The molecule has 2 unspecified atom stereocenters. The monoisotopic (exact) mass is 338 g/mol. The lowest BCUT2D eigenvalue weighted by atomic mass is 10.2. The molecule has 2 N–H and O–H groups in total. The fourth-order valence-electron chi connectivity index (χ4n) is 2.32. The molecule has 0 spiro atoms. The Morgan fingerprint density at radius 3 is 2.29 bits per heavy atom. The Morgan fingerprint density at radius 2 is 1.79 bits per heavy atom. The predicted octanol–water partition coefficient (Wildman–Crippen LogP) is 1.67. The number of nitrogens with zero attached hydrogens (tertiary/aromatic N) is 1. The first-order valence-electron chi connectivity index (χ1n) is 8.48. The molecule has 1 amide bonds. The molecule has 1 aromatic rings. The highest BCUT2D eigenvalue weighted by Gasteiger charge is 2.19. The van der Waals surface area contributed by atoms with Crippen LogP contribution in [0.4, 0.5) is 0 Å². The lowest BCUT2D eigenvalue weighted by molar-refractivity contribution is -0.128. The van der Waals surface area contributed by atoms with E-state index in [1.165, 1.54) is 0 Å². The number of aliphatic hydroxyl groups is 1. The third-order valence-electron chi connectivity index (χ3n) is 4.00. The van der Waals surface area contributed by atoms with Gasteiger partial charge in [0.25, 0.3) is 5.91 Å². The van der Waals surface area contributed by atoms with Crippen LogP contribution in [0.25, 0.3) is 0 Å². The second-order valence-corrected chi connectivity index (χ2v) is 5.64. The van der Waals surface area contributed by atoms with Crippen LogP contribution in [0.5, 0.6) is 11.5 Å². The minimum Gasteiger partial charge on any atom is -0.497 e. The molecule has 2 atom stereocenters. The predicted molar refractivity (Wildman–Crippen MR) is 94.5 cm³/mol. The quantitative estimate of drug-likeness (QED) is 0.642. The summed E-state index contributed by atoms with van der Waals surface area (Å²) < 4.78 is 10.7. The summed E-state index contributed by atoms with van der Waals surface area (Å²) in [4.78, 5) is 14.5. The van der Waals surface area contributed by atoms with Gasteiger partial charge in [0, 0.05) is 6.54 Å². The van der Waals surface area contributed by atoms with Crippen molar-refractivity contribution >= 4 is 5.91 Å². The van der Waals surface area contributed by atoms with Gasteiger partial charge in [0.05, 0.1) is 19.8 Å². The fraction of sp³-hybridized carbons (Fsp3) is 0.611. The number of carbonyl (C=O) groups is 1. The van der Waals surface area contributed by atoms with E-state index in [1.54, 1.807) is 38.3 Å². The summed E-state index contributed by atoms with van der Waals surface area (Å²) in [6.07, 6.45) is 0.0695. The molecule has 0 bridgehead atoms. The summed E-state index contributed by atoms with van der Waals surface area (Å²) in [6.45, 7) is 8.56. The van der Waals surface area contributed by atoms with Crippen molar-refractivity contribution in [1.82, 2.24) is 10.2 Å². The Kier molecular flexibility index (Phi) is 9.19. The Balaban J connectivity index is 2.47. The lowest BCUT2D eigenvalue weighted by Gasteiger charge is -2.23. The van der Waals surface area contributed by atoms with Crippen LogP contribution in [0.1, 0.15) is 27.2 Å². The van der Waals surface area contributed by atoms with E-state index < -0.39 is 6.10 Å². The molecule has 24 heavy (non-hydrogen) atoms. The van der Waals surface area contributed by atoms with Crippen LogP contribution in [-0.4, -0.2) is 61.4 Å². The highest BCUT2D eigenvalue weighted by molar-refractivity contribution is 5.81. The Hall–Kier alpha value is -1.79. The van der Waals surface area contributed by atoms with Crippen molar-refractivity contribution in [3.63, 3.8) is 0 Å². The maximum Gasteiger partial charge on any atom is 0.261 e. The number of rotatable bonds is 11. The zero-order chi connectivity index (χ0) is 17.9. The number of aliphatic hydroxyl groups excluding tert-OH is 1. The zero-order valence-electron chi connectivity index (χ0n) is 15.1. The molecule has 1 rings (SSSR count). The molecule has 0 aromatic heterocycles. The van der Waals surface area contributed by atoms with Crippen molar-refractivity contribution in [2.75, 3.05) is 33.4 Å². The van der Waals surface area contributed by atoms with Gasteiger partial charge >= 0.3 is 0 Å². The number of benzene rings is 1. The molecule has 0 saturated carbocycles. The highest BCUT2D eigenvalue weighted by Crippen LogP contribution is 2.18. The third kappa shape index (κ3) is 6.76. The minimum atomic E-state index is -0.638. The molecular formula is C18H30N2O4. The van der Waals surface area contributed by atoms with Gasteiger partial charge in [-0.05, 0) is 50.7 Å². The molecule has 136 valence electrons. The van der Waals surface area contributed by atoms with Crippen molar-refractivity contribution < 1.29 is 19.4 Å². The first-order chi connectivity index (χ1) is 11.5. The average molecular weight is 338 g/mol. The van der Waals surface area contributed by atoms with Crippen LogP contribution in [0.2, 0.25) is 0 Å². The van der Waals surface area contributed by atoms with Gasteiger partial charge in [0.15, 0.2) is 6.10 Å². The molecule has 0 aliphatic carbocycles. The molecule has 1 aromatic carbocycles. The Labute approximate surface area is 144 Å². The summed E-state index contributed by atoms with van der Waals surface area (Å²) in [6, 6.07) is 6.81. The number of carbonyl (C=O) groups excluding carboxylic acids is 1. The van der Waals surface area contributed by atoms with Crippen molar-refractivity contribution in [2.45, 2.75) is 39.3 Å². The maximum absolute atomic E-state index is 12.2. The van der Waals surface area contributed by atoms with Crippen LogP contribution in [-0.2, 0) is 4.79 Å². The topological polar surface area (TPSA) is 71.0 Å². The van der Waals surface area contributed by atoms with E-state index in [0.717, 1.165) is 25.4 Å². The van der Waals surface area contributed by atoms with Crippen molar-refractivity contribution in [3.05, 3.63) is 24.3 Å². The maximum atomic E-state index is 12.2. The third-order valence-corrected chi connectivity index (χ3v) is 4.00. The van der Waals surface area contributed by atoms with Gasteiger partial charge in [-0.15, -0.1) is 0 Å². The van der Waals surface area contributed by atoms with E-state index in [1.807, 2.05) is 0 Å². The van der Waals surface area contributed by atoms with Gasteiger partial charge in [-0.2, -0.15) is 0 Å². The molecule has 0 aliphatic rings. The second kappa shape index (κ2) is 10.9. The number of hydrogen-bond acceptors (Lipinski definition) is 5. The van der Waals surface area contributed by atoms with E-state index in [0.29, 0.717) is 12.2 Å². The van der Waals surface area contributed by atoms with E-state index in [4.69, 9.17) is 9.47 Å². The van der Waals surface area contributed by atoms with Gasteiger partial charge < -0.3 is 24.8 Å². The molecular weight excluding hydrogens is 308 g/mol. The van der Waals surface area contributed by atoms with E-state index in [2.05, 4.69) is 24.1 Å². The minimum absolute atomic E-state index is 0.0811. The van der Waals surface area contributed by atoms with Crippen LogP contribution in [0, 0.1) is 0 Å². The molecule has 0 saturated heterocycles. The van der Waals surface area contributed by atoms with Gasteiger partial charge in [-0.1, -0.05) is 13.8 Å². The molecule has 6 heteroatoms. The first kappa shape index (κ1) is 20.3. The standard InChI is InChI=1S/C18H30N2O4/c1-5-20(6-2)12-11-15(13-21)19-18(22)14(3)24-17-9-7-16(23-4)8-10-17/h7-10,14-15,21H,5-6,11-13H2,1-4H3,(H,19,22). The smallest absolute Gasteiger partial charge is 0.261 e. The number of methoxy groups -OCH3 is 1. The lowest BCUT2D eigenvalue weighted by Crippen LogP contribution is -2.45. The van der Waals surface area contributed by atoms with Gasteiger partial charge in [-0.25, -0.2) is 0 Å². The fourth-order valence-corrected chi connectivity index (χ4v) is 2.32. The first-order valence-corrected chi connectivity index (χ1v) is 8.48. The van der Waals surface area contributed by atoms with Crippen molar-refractivity contribution in [3.8, 4) is 11.5 Å². The van der Waals surface area contributed by atoms with Crippen LogP contribution < -0.4 is 14.8 Å².